The van der Waals surface area contributed by atoms with Gasteiger partial charge in [0.2, 0.25) is 0 Å². The molecule has 2 aromatic heterocycles. The predicted octanol–water partition coefficient (Wildman–Crippen LogP) is 1.88. The van der Waals surface area contributed by atoms with Gasteiger partial charge < -0.3 is 5.21 Å². The molecule has 0 unspecified atom stereocenters. The van der Waals surface area contributed by atoms with E-state index in [1.165, 1.54) is 17.1 Å². The van der Waals surface area contributed by atoms with Crippen LogP contribution in [0.15, 0.2) is 12.4 Å². The van der Waals surface area contributed by atoms with Crippen LogP contribution < -0.4 is 4.85 Å². The Balaban J connectivity index is 0.000000351. The zero-order valence-electron chi connectivity index (χ0n) is 12.9. The Labute approximate surface area is 131 Å². The fourth-order valence-electron chi connectivity index (χ4n) is 1.69. The van der Waals surface area contributed by atoms with Crippen molar-refractivity contribution in [2.24, 2.45) is 0 Å². The summed E-state index contributed by atoms with van der Waals surface area (Å²) in [5.41, 5.74) is 0.633. The van der Waals surface area contributed by atoms with E-state index in [2.05, 4.69) is 15.2 Å². The van der Waals surface area contributed by atoms with Gasteiger partial charge in [0.1, 0.15) is 6.20 Å². The second-order valence-corrected chi connectivity index (χ2v) is 6.84. The number of hydrogen-bond donors (Lipinski definition) is 0. The first kappa shape index (κ1) is 19.8. The molecule has 0 aromatic carbocycles. The predicted molar refractivity (Wildman–Crippen MR) is 74.1 cm³/mol. The second-order valence-electron chi connectivity index (χ2n) is 4.92. The van der Waals surface area contributed by atoms with Crippen LogP contribution in [-0.4, -0.2) is 63.5 Å². The van der Waals surface area contributed by atoms with E-state index in [0.29, 0.717) is 10.5 Å². The maximum absolute atomic E-state index is 11.6. The van der Waals surface area contributed by atoms with Crippen LogP contribution in [0.4, 0.5) is 25.2 Å². The number of hydrogen-bond acceptors (Lipinski definition) is 4. The van der Waals surface area contributed by atoms with E-state index in [0.717, 1.165) is 5.96 Å². The third kappa shape index (κ3) is 6.48. The third-order valence-corrected chi connectivity index (χ3v) is 2.20. The molecule has 0 spiro atoms. The van der Waals surface area contributed by atoms with Crippen LogP contribution in [0.3, 0.4) is 0 Å². The van der Waals surface area contributed by atoms with Gasteiger partial charge in [-0.25, -0.2) is 4.98 Å². The topological polar surface area (TPSA) is 76.8 Å². The summed E-state index contributed by atoms with van der Waals surface area (Å²) in [6.07, 6.45) is 3.00. The van der Waals surface area contributed by atoms with E-state index in [1.807, 2.05) is 37.7 Å². The van der Waals surface area contributed by atoms with Crippen LogP contribution in [-0.2, 0) is 0 Å². The molecule has 0 fully saturated rings. The van der Waals surface area contributed by atoms with Gasteiger partial charge >= 0.3 is 50.2 Å². The Morgan fingerprint density at radius 1 is 1.12 bits per heavy atom. The molecule has 0 saturated carbocycles. The molecule has 0 saturated heterocycles. The van der Waals surface area contributed by atoms with E-state index in [4.69, 9.17) is 0 Å². The molecule has 0 radical (unpaired) electrons. The van der Waals surface area contributed by atoms with Gasteiger partial charge in [0.25, 0.3) is 0 Å². The molecule has 0 N–H and O–H groups in total. The fraction of sp³-hybridized carbons (Fsp3) is 0.444. The standard InChI is InChI=1S/C9H14N7O.F6P/c1-13(2)9(14(3)4)15-7-8(16(17)12-15)11-6-5-10-7;1-7(2,3,4,5)6/h5-6H,1-4H3;/q+1;-1. The molecule has 2 aromatic rings. The molecule has 0 amide bonds. The summed E-state index contributed by atoms with van der Waals surface area (Å²) in [5.74, 6) is 0.727. The maximum atomic E-state index is 11.6. The summed E-state index contributed by atoms with van der Waals surface area (Å²) < 4.78 is 62.5. The van der Waals surface area contributed by atoms with Crippen LogP contribution in [0.2, 0.25) is 0 Å². The Hall–Kier alpha value is -2.24. The van der Waals surface area contributed by atoms with Crippen molar-refractivity contribution in [2.75, 3.05) is 28.2 Å². The fourth-order valence-corrected chi connectivity index (χ4v) is 1.69. The van der Waals surface area contributed by atoms with E-state index in [-0.39, 0.29) is 5.65 Å². The third-order valence-electron chi connectivity index (χ3n) is 2.20. The van der Waals surface area contributed by atoms with Crippen molar-refractivity contribution in [2.45, 2.75) is 0 Å². The van der Waals surface area contributed by atoms with Crippen LogP contribution in [0.25, 0.3) is 11.3 Å². The number of fused-ring (bicyclic) bond motifs is 1. The first-order chi connectivity index (χ1) is 10.5. The summed E-state index contributed by atoms with van der Waals surface area (Å²) in [6.45, 7) is 0. The molecular weight excluding hydrogens is 367 g/mol. The summed E-state index contributed by atoms with van der Waals surface area (Å²) in [5, 5.41) is 15.4. The van der Waals surface area contributed by atoms with E-state index >= 15 is 0 Å². The molecule has 0 bridgehead atoms. The van der Waals surface area contributed by atoms with Gasteiger partial charge in [-0.15, -0.1) is 9.83 Å². The Morgan fingerprint density at radius 2 is 1.58 bits per heavy atom. The Kier molecular flexibility index (Phi) is 4.45. The monoisotopic (exact) mass is 381 g/mol. The van der Waals surface area contributed by atoms with Crippen LogP contribution in [0.1, 0.15) is 0 Å². The first-order valence-corrected chi connectivity index (χ1v) is 8.08. The molecule has 0 aliphatic heterocycles. The first-order valence-electron chi connectivity index (χ1n) is 6.05. The summed E-state index contributed by atoms with van der Waals surface area (Å²) in [7, 11) is -3.18. The van der Waals surface area contributed by atoms with E-state index in [1.54, 1.807) is 0 Å². The number of nitrogens with zero attached hydrogens (tertiary/aromatic N) is 7. The molecule has 2 heterocycles. The summed E-state index contributed by atoms with van der Waals surface area (Å²) >= 11 is 0. The van der Waals surface area contributed by atoms with Crippen molar-refractivity contribution in [1.29, 1.82) is 0 Å². The van der Waals surface area contributed by atoms with Gasteiger partial charge in [-0.05, 0) is 0 Å². The minimum absolute atomic E-state index is 0.203. The zero-order valence-corrected chi connectivity index (χ0v) is 13.8. The molecule has 24 heavy (non-hydrogen) atoms. The van der Waals surface area contributed by atoms with Gasteiger partial charge in [-0.2, -0.15) is 0 Å². The van der Waals surface area contributed by atoms with Crippen LogP contribution in [0, 0.1) is 5.21 Å². The van der Waals surface area contributed by atoms with Crippen molar-refractivity contribution in [3.05, 3.63) is 17.6 Å². The molecule has 2 rings (SSSR count). The molecule has 0 atom stereocenters. The van der Waals surface area contributed by atoms with E-state index < -0.39 is 7.81 Å². The number of aromatic nitrogens is 5. The van der Waals surface area contributed by atoms with Gasteiger partial charge in [-0.3, -0.25) is 9.48 Å². The normalized spacial score (nSPS) is 14.2. The summed E-state index contributed by atoms with van der Waals surface area (Å²) in [6, 6.07) is 0. The SMILES string of the molecule is CN(C)C(n1n[n+]([O-])c2nccnc21)=[N+](C)C.F[P-](F)(F)(F)(F)F. The van der Waals surface area contributed by atoms with Crippen molar-refractivity contribution in [3.63, 3.8) is 0 Å². The van der Waals surface area contributed by atoms with E-state index in [9.17, 15) is 30.4 Å². The molecular formula is C9H14F6N7OP. The van der Waals surface area contributed by atoms with Crippen LogP contribution >= 0.6 is 7.81 Å². The van der Waals surface area contributed by atoms with Gasteiger partial charge in [0.15, 0.2) is 0 Å². The van der Waals surface area contributed by atoms with Gasteiger partial charge in [0, 0.05) is 5.21 Å². The molecule has 138 valence electrons. The van der Waals surface area contributed by atoms with Crippen molar-refractivity contribution in [3.8, 4) is 0 Å². The molecule has 0 aliphatic carbocycles. The molecule has 15 heteroatoms. The number of halogens is 6. The second kappa shape index (κ2) is 5.40. The van der Waals surface area contributed by atoms with Crippen molar-refractivity contribution >= 4 is 25.1 Å². The average Bonchev–Trinajstić information content (AvgIpc) is 2.63. The molecule has 8 nitrogen and oxygen atoms in total. The van der Waals surface area contributed by atoms with Gasteiger partial charge in [0.05, 0.1) is 34.4 Å². The Morgan fingerprint density at radius 3 is 2.00 bits per heavy atom. The van der Waals surface area contributed by atoms with Gasteiger partial charge in [-0.1, -0.05) is 4.68 Å². The average molecular weight is 381 g/mol. The molecule has 0 aliphatic rings. The number of rotatable bonds is 0. The summed E-state index contributed by atoms with van der Waals surface area (Å²) in [4.78, 5) is 10.4. The quantitative estimate of drug-likeness (QED) is 0.174. The minimum atomic E-state index is -10.7. The van der Waals surface area contributed by atoms with Crippen LogP contribution in [0.5, 0.6) is 0 Å². The van der Waals surface area contributed by atoms with Crippen molar-refractivity contribution < 1.29 is 34.6 Å². The van der Waals surface area contributed by atoms with Crippen molar-refractivity contribution in [1.82, 2.24) is 24.8 Å². The Bertz CT molecular complexity index is 769. The zero-order chi connectivity index (χ0) is 19.0.